The third kappa shape index (κ3) is 5.63. The van der Waals surface area contributed by atoms with Gasteiger partial charge in [-0.15, -0.1) is 0 Å². The van der Waals surface area contributed by atoms with E-state index in [2.05, 4.69) is 65.8 Å². The minimum absolute atomic E-state index is 0.0668. The monoisotopic (exact) mass is 480 g/mol. The standard InChI is InChI=1S/C29H37O4P/c1-18-14-25(30)23(28(3,4)5)16-21(18)27(20-12-10-9-11-13-20)22-17-24(29(6,7)8)26(15-19(22)2)33-34(31)32/h9-17,27,30-32H,1-8H3. The van der Waals surface area contributed by atoms with E-state index in [1.165, 1.54) is 0 Å². The molecular weight excluding hydrogens is 443 g/mol. The summed E-state index contributed by atoms with van der Waals surface area (Å²) in [5.41, 5.74) is 6.77. The first-order valence-electron chi connectivity index (χ1n) is 11.6. The van der Waals surface area contributed by atoms with Crippen molar-refractivity contribution in [1.29, 1.82) is 0 Å². The molecule has 3 aromatic carbocycles. The molecule has 0 saturated heterocycles. The van der Waals surface area contributed by atoms with Crippen LogP contribution in [0.4, 0.5) is 0 Å². The van der Waals surface area contributed by atoms with Crippen LogP contribution >= 0.6 is 8.60 Å². The molecule has 1 unspecified atom stereocenters. The van der Waals surface area contributed by atoms with Crippen LogP contribution in [-0.4, -0.2) is 14.9 Å². The van der Waals surface area contributed by atoms with Gasteiger partial charge in [-0.3, -0.25) is 0 Å². The first-order valence-corrected chi connectivity index (χ1v) is 12.8. The lowest BCUT2D eigenvalue weighted by molar-refractivity contribution is 0.369. The summed E-state index contributed by atoms with van der Waals surface area (Å²) in [6, 6.07) is 18.4. The van der Waals surface area contributed by atoms with E-state index in [-0.39, 0.29) is 16.7 Å². The topological polar surface area (TPSA) is 69.9 Å². The zero-order chi connectivity index (χ0) is 25.4. The largest absolute Gasteiger partial charge is 0.508 e. The molecule has 5 heteroatoms. The smallest absolute Gasteiger partial charge is 0.391 e. The predicted octanol–water partition coefficient (Wildman–Crippen LogP) is 7.37. The van der Waals surface area contributed by atoms with Crippen molar-refractivity contribution in [3.8, 4) is 11.5 Å². The van der Waals surface area contributed by atoms with Gasteiger partial charge in [0, 0.05) is 11.5 Å². The molecule has 0 radical (unpaired) electrons. The fraction of sp³-hybridized carbons (Fsp3) is 0.379. The molecule has 1 atom stereocenters. The summed E-state index contributed by atoms with van der Waals surface area (Å²) in [6.45, 7) is 16.7. The van der Waals surface area contributed by atoms with Crippen LogP contribution in [0.3, 0.4) is 0 Å². The van der Waals surface area contributed by atoms with E-state index in [4.69, 9.17) is 4.52 Å². The van der Waals surface area contributed by atoms with Crippen molar-refractivity contribution >= 4 is 8.60 Å². The fourth-order valence-corrected chi connectivity index (χ4v) is 4.88. The number of aryl methyl sites for hydroxylation is 2. The van der Waals surface area contributed by atoms with Crippen molar-refractivity contribution in [2.45, 2.75) is 72.1 Å². The molecule has 0 saturated carbocycles. The molecule has 3 aromatic rings. The van der Waals surface area contributed by atoms with Gasteiger partial charge < -0.3 is 19.4 Å². The summed E-state index contributed by atoms with van der Waals surface area (Å²) in [7, 11) is -2.52. The summed E-state index contributed by atoms with van der Waals surface area (Å²) in [4.78, 5) is 19.1. The Labute approximate surface area is 205 Å². The highest BCUT2D eigenvalue weighted by Crippen LogP contribution is 2.45. The lowest BCUT2D eigenvalue weighted by atomic mass is 9.75. The van der Waals surface area contributed by atoms with Crippen molar-refractivity contribution < 1.29 is 19.4 Å². The lowest BCUT2D eigenvalue weighted by Gasteiger charge is -2.30. The van der Waals surface area contributed by atoms with Crippen molar-refractivity contribution in [3.05, 3.63) is 93.5 Å². The van der Waals surface area contributed by atoms with Gasteiger partial charge in [0.05, 0.1) is 0 Å². The Bertz CT molecular complexity index is 1160. The van der Waals surface area contributed by atoms with Crippen LogP contribution in [-0.2, 0) is 10.8 Å². The Balaban J connectivity index is 2.36. The number of rotatable bonds is 5. The zero-order valence-electron chi connectivity index (χ0n) is 21.5. The molecule has 3 rings (SSSR count). The molecule has 0 fully saturated rings. The van der Waals surface area contributed by atoms with Gasteiger partial charge in [-0.2, -0.15) is 0 Å². The molecule has 0 amide bonds. The number of hydrogen-bond acceptors (Lipinski definition) is 4. The van der Waals surface area contributed by atoms with E-state index in [1.807, 2.05) is 44.2 Å². The highest BCUT2D eigenvalue weighted by molar-refractivity contribution is 7.39. The number of hydrogen-bond donors (Lipinski definition) is 3. The SMILES string of the molecule is Cc1cc(O)c(C(C)(C)C)cc1C(c1ccccc1)c1cc(C(C)(C)C)c(OP(O)O)cc1C. The van der Waals surface area contributed by atoms with Gasteiger partial charge in [0.15, 0.2) is 0 Å². The predicted molar refractivity (Wildman–Crippen MR) is 141 cm³/mol. The molecule has 0 spiro atoms. The maximum atomic E-state index is 10.7. The quantitative estimate of drug-likeness (QED) is 0.263. The Morgan fingerprint density at radius 1 is 0.735 bits per heavy atom. The van der Waals surface area contributed by atoms with E-state index in [1.54, 1.807) is 0 Å². The third-order valence-corrected chi connectivity index (χ3v) is 6.66. The zero-order valence-corrected chi connectivity index (χ0v) is 22.4. The molecule has 3 N–H and O–H groups in total. The maximum Gasteiger partial charge on any atom is 0.391 e. The third-order valence-electron chi connectivity index (χ3n) is 6.30. The molecular formula is C29H37O4P. The Morgan fingerprint density at radius 3 is 1.74 bits per heavy atom. The van der Waals surface area contributed by atoms with Gasteiger partial charge in [-0.05, 0) is 70.2 Å². The molecule has 0 heterocycles. The van der Waals surface area contributed by atoms with Crippen LogP contribution in [0.2, 0.25) is 0 Å². The van der Waals surface area contributed by atoms with Gasteiger partial charge >= 0.3 is 8.60 Å². The van der Waals surface area contributed by atoms with Crippen molar-refractivity contribution in [3.63, 3.8) is 0 Å². The summed E-state index contributed by atoms with van der Waals surface area (Å²) in [5.74, 6) is 0.743. The maximum absolute atomic E-state index is 10.7. The Kier molecular flexibility index (Phi) is 7.48. The van der Waals surface area contributed by atoms with E-state index in [0.29, 0.717) is 11.5 Å². The first-order chi connectivity index (χ1) is 15.7. The molecule has 4 nitrogen and oxygen atoms in total. The average Bonchev–Trinajstić information content (AvgIpc) is 2.69. The number of phenols is 1. The number of benzene rings is 3. The van der Waals surface area contributed by atoms with Crippen molar-refractivity contribution in [1.82, 2.24) is 0 Å². The first kappa shape index (κ1) is 26.2. The highest BCUT2D eigenvalue weighted by atomic mass is 31.2. The molecule has 0 aliphatic carbocycles. The van der Waals surface area contributed by atoms with Crippen LogP contribution in [0.15, 0.2) is 54.6 Å². The lowest BCUT2D eigenvalue weighted by Crippen LogP contribution is -2.17. The van der Waals surface area contributed by atoms with Crippen molar-refractivity contribution in [2.24, 2.45) is 0 Å². The van der Waals surface area contributed by atoms with E-state index >= 15 is 0 Å². The Morgan fingerprint density at radius 2 is 1.24 bits per heavy atom. The van der Waals surface area contributed by atoms with Gasteiger partial charge in [0.25, 0.3) is 0 Å². The molecule has 0 aliphatic heterocycles. The van der Waals surface area contributed by atoms with Gasteiger partial charge in [0.1, 0.15) is 11.5 Å². The van der Waals surface area contributed by atoms with E-state index in [9.17, 15) is 14.9 Å². The second kappa shape index (κ2) is 9.70. The van der Waals surface area contributed by atoms with Gasteiger partial charge in [-0.1, -0.05) is 84.0 Å². The number of aromatic hydroxyl groups is 1. The molecule has 0 aliphatic rings. The minimum atomic E-state index is -2.52. The molecule has 0 bridgehead atoms. The van der Waals surface area contributed by atoms with E-state index < -0.39 is 8.60 Å². The fourth-order valence-electron chi connectivity index (χ4n) is 4.55. The van der Waals surface area contributed by atoms with Crippen LogP contribution in [0.5, 0.6) is 11.5 Å². The van der Waals surface area contributed by atoms with Gasteiger partial charge in [0.2, 0.25) is 0 Å². The summed E-state index contributed by atoms with van der Waals surface area (Å²) >= 11 is 0. The van der Waals surface area contributed by atoms with Gasteiger partial charge in [-0.25, -0.2) is 0 Å². The van der Waals surface area contributed by atoms with Crippen LogP contribution in [0, 0.1) is 13.8 Å². The second-order valence-corrected chi connectivity index (χ2v) is 11.8. The molecule has 34 heavy (non-hydrogen) atoms. The van der Waals surface area contributed by atoms with E-state index in [0.717, 1.165) is 38.9 Å². The van der Waals surface area contributed by atoms with Crippen molar-refractivity contribution in [2.75, 3.05) is 0 Å². The van der Waals surface area contributed by atoms with Crippen LogP contribution in [0.25, 0.3) is 0 Å². The van der Waals surface area contributed by atoms with Crippen LogP contribution in [0.1, 0.15) is 86.4 Å². The highest BCUT2D eigenvalue weighted by Gasteiger charge is 2.29. The summed E-state index contributed by atoms with van der Waals surface area (Å²) in [6.07, 6.45) is 0. The molecule has 0 aromatic heterocycles. The number of phenolic OH excluding ortho intramolecular Hbond substituents is 1. The van der Waals surface area contributed by atoms with Crippen LogP contribution < -0.4 is 4.52 Å². The second-order valence-electron chi connectivity index (χ2n) is 11.1. The summed E-state index contributed by atoms with van der Waals surface area (Å²) < 4.78 is 5.44. The normalized spacial score (nSPS) is 13.3. The Hall–Kier alpha value is -2.39. The molecule has 182 valence electrons. The minimum Gasteiger partial charge on any atom is -0.508 e. The average molecular weight is 481 g/mol. The summed E-state index contributed by atoms with van der Waals surface area (Å²) in [5, 5.41) is 10.7.